The third-order valence-electron chi connectivity index (χ3n) is 2.59. The summed E-state index contributed by atoms with van der Waals surface area (Å²) in [5.74, 6) is 0. The molecule has 2 nitrogen and oxygen atoms in total. The Morgan fingerprint density at radius 1 is 1.11 bits per heavy atom. The van der Waals surface area contributed by atoms with Crippen molar-refractivity contribution in [2.45, 2.75) is 12.5 Å². The summed E-state index contributed by atoms with van der Waals surface area (Å²) < 4.78 is 0. The first-order valence-electron chi connectivity index (χ1n) is 5.38. The maximum absolute atomic E-state index is 6.10. The first-order valence-corrected chi connectivity index (χ1v) is 6.51. The molecule has 0 aliphatic carbocycles. The standard InChI is InChI=1S/C13H11Cl3N2/c14-9-3-4-10(15)8(6-9)7-12(17)13-11(16)2-1-5-18-13/h1-6,12H,7,17H2. The summed E-state index contributed by atoms with van der Waals surface area (Å²) >= 11 is 18.1. The number of hydrogen-bond donors (Lipinski definition) is 1. The number of pyridine rings is 1. The number of halogens is 3. The molecule has 1 unspecified atom stereocenters. The van der Waals surface area contributed by atoms with Gasteiger partial charge in [0, 0.05) is 16.2 Å². The van der Waals surface area contributed by atoms with Crippen LogP contribution in [0.2, 0.25) is 15.1 Å². The van der Waals surface area contributed by atoms with E-state index in [1.54, 1.807) is 36.5 Å². The van der Waals surface area contributed by atoms with Gasteiger partial charge in [-0.1, -0.05) is 34.8 Å². The number of nitrogens with two attached hydrogens (primary N) is 1. The van der Waals surface area contributed by atoms with Crippen molar-refractivity contribution in [1.82, 2.24) is 4.98 Å². The first kappa shape index (κ1) is 13.6. The zero-order valence-electron chi connectivity index (χ0n) is 9.41. The summed E-state index contributed by atoms with van der Waals surface area (Å²) in [6, 6.07) is 8.53. The lowest BCUT2D eigenvalue weighted by Crippen LogP contribution is -2.15. The van der Waals surface area contributed by atoms with Gasteiger partial charge in [0.05, 0.1) is 16.8 Å². The fourth-order valence-electron chi connectivity index (χ4n) is 1.70. The smallest absolute Gasteiger partial charge is 0.0760 e. The molecule has 0 aliphatic rings. The molecule has 0 amide bonds. The maximum atomic E-state index is 6.10. The summed E-state index contributed by atoms with van der Waals surface area (Å²) in [5, 5.41) is 1.83. The lowest BCUT2D eigenvalue weighted by Gasteiger charge is -2.13. The Morgan fingerprint density at radius 3 is 2.61 bits per heavy atom. The van der Waals surface area contributed by atoms with Crippen LogP contribution in [0.3, 0.4) is 0 Å². The van der Waals surface area contributed by atoms with Crippen LogP contribution in [0.25, 0.3) is 0 Å². The molecule has 0 saturated heterocycles. The molecule has 18 heavy (non-hydrogen) atoms. The quantitative estimate of drug-likeness (QED) is 0.918. The average Bonchev–Trinajstić information content (AvgIpc) is 2.34. The van der Waals surface area contributed by atoms with Crippen LogP contribution < -0.4 is 5.73 Å². The van der Waals surface area contributed by atoms with Gasteiger partial charge in [-0.15, -0.1) is 0 Å². The first-order chi connectivity index (χ1) is 8.58. The van der Waals surface area contributed by atoms with Gasteiger partial charge in [-0.25, -0.2) is 0 Å². The van der Waals surface area contributed by atoms with E-state index >= 15 is 0 Å². The van der Waals surface area contributed by atoms with Crippen molar-refractivity contribution in [3.63, 3.8) is 0 Å². The number of benzene rings is 1. The summed E-state index contributed by atoms with van der Waals surface area (Å²) in [7, 11) is 0. The van der Waals surface area contributed by atoms with E-state index in [9.17, 15) is 0 Å². The Balaban J connectivity index is 2.24. The molecule has 1 atom stereocenters. The molecule has 2 N–H and O–H groups in total. The summed E-state index contributed by atoms with van der Waals surface area (Å²) in [5.41, 5.74) is 7.65. The predicted octanol–water partition coefficient (Wildman–Crippen LogP) is 4.28. The van der Waals surface area contributed by atoms with Crippen LogP contribution >= 0.6 is 34.8 Å². The van der Waals surface area contributed by atoms with E-state index in [0.29, 0.717) is 27.2 Å². The molecule has 0 bridgehead atoms. The zero-order chi connectivity index (χ0) is 13.1. The highest BCUT2D eigenvalue weighted by Crippen LogP contribution is 2.26. The van der Waals surface area contributed by atoms with Crippen LogP contribution in [0.15, 0.2) is 36.5 Å². The van der Waals surface area contributed by atoms with Gasteiger partial charge < -0.3 is 5.73 Å². The number of hydrogen-bond acceptors (Lipinski definition) is 2. The van der Waals surface area contributed by atoms with E-state index in [0.717, 1.165) is 5.56 Å². The van der Waals surface area contributed by atoms with E-state index in [1.807, 2.05) is 0 Å². The van der Waals surface area contributed by atoms with Crippen molar-refractivity contribution in [3.8, 4) is 0 Å². The van der Waals surface area contributed by atoms with Crippen molar-refractivity contribution in [3.05, 3.63) is 62.9 Å². The molecule has 2 rings (SSSR count). The molecule has 1 aromatic carbocycles. The Labute approximate surface area is 121 Å². The highest BCUT2D eigenvalue weighted by atomic mass is 35.5. The molecular weight excluding hydrogens is 291 g/mol. The molecule has 5 heteroatoms. The Morgan fingerprint density at radius 2 is 1.89 bits per heavy atom. The molecule has 0 radical (unpaired) electrons. The van der Waals surface area contributed by atoms with Crippen molar-refractivity contribution < 1.29 is 0 Å². The van der Waals surface area contributed by atoms with Gasteiger partial charge in [-0.2, -0.15) is 0 Å². The molecule has 0 aliphatic heterocycles. The van der Waals surface area contributed by atoms with E-state index in [4.69, 9.17) is 40.5 Å². The average molecular weight is 302 g/mol. The normalized spacial score (nSPS) is 12.4. The van der Waals surface area contributed by atoms with Crippen molar-refractivity contribution in [2.75, 3.05) is 0 Å². The van der Waals surface area contributed by atoms with Crippen LogP contribution in [0.4, 0.5) is 0 Å². The van der Waals surface area contributed by atoms with Gasteiger partial charge >= 0.3 is 0 Å². The van der Waals surface area contributed by atoms with Gasteiger partial charge in [0.25, 0.3) is 0 Å². The van der Waals surface area contributed by atoms with Gasteiger partial charge in [0.15, 0.2) is 0 Å². The second-order valence-corrected chi connectivity index (χ2v) is 5.17. The minimum Gasteiger partial charge on any atom is -0.322 e. The molecular formula is C13H11Cl3N2. The summed E-state index contributed by atoms with van der Waals surface area (Å²) in [4.78, 5) is 4.19. The van der Waals surface area contributed by atoms with E-state index in [2.05, 4.69) is 4.98 Å². The van der Waals surface area contributed by atoms with Crippen LogP contribution in [-0.4, -0.2) is 4.98 Å². The number of nitrogens with zero attached hydrogens (tertiary/aromatic N) is 1. The van der Waals surface area contributed by atoms with Gasteiger partial charge in [0.2, 0.25) is 0 Å². The third kappa shape index (κ3) is 3.15. The third-order valence-corrected chi connectivity index (χ3v) is 3.51. The Hall–Kier alpha value is -0.800. The summed E-state index contributed by atoms with van der Waals surface area (Å²) in [6.07, 6.45) is 2.21. The zero-order valence-corrected chi connectivity index (χ0v) is 11.7. The van der Waals surface area contributed by atoms with E-state index in [1.165, 1.54) is 0 Å². The van der Waals surface area contributed by atoms with E-state index in [-0.39, 0.29) is 6.04 Å². The molecule has 1 heterocycles. The van der Waals surface area contributed by atoms with E-state index < -0.39 is 0 Å². The Bertz CT molecular complexity index is 558. The second-order valence-electron chi connectivity index (χ2n) is 3.92. The number of rotatable bonds is 3. The van der Waals surface area contributed by atoms with Crippen LogP contribution in [0.5, 0.6) is 0 Å². The van der Waals surface area contributed by atoms with Gasteiger partial charge in [-0.05, 0) is 42.3 Å². The minimum atomic E-state index is -0.310. The highest BCUT2D eigenvalue weighted by Gasteiger charge is 2.14. The van der Waals surface area contributed by atoms with Gasteiger partial charge in [-0.3, -0.25) is 4.98 Å². The molecule has 0 fully saturated rings. The van der Waals surface area contributed by atoms with Gasteiger partial charge in [0.1, 0.15) is 0 Å². The van der Waals surface area contributed by atoms with Crippen molar-refractivity contribution in [1.29, 1.82) is 0 Å². The van der Waals surface area contributed by atoms with Crippen LogP contribution in [0.1, 0.15) is 17.3 Å². The molecule has 94 valence electrons. The van der Waals surface area contributed by atoms with Crippen molar-refractivity contribution >= 4 is 34.8 Å². The fourth-order valence-corrected chi connectivity index (χ4v) is 2.36. The predicted molar refractivity (Wildman–Crippen MR) is 76.3 cm³/mol. The monoisotopic (exact) mass is 300 g/mol. The highest BCUT2D eigenvalue weighted by molar-refractivity contribution is 6.33. The largest absolute Gasteiger partial charge is 0.322 e. The second kappa shape index (κ2) is 5.89. The lowest BCUT2D eigenvalue weighted by atomic mass is 10.0. The number of aromatic nitrogens is 1. The topological polar surface area (TPSA) is 38.9 Å². The molecule has 0 saturated carbocycles. The minimum absolute atomic E-state index is 0.310. The SMILES string of the molecule is NC(Cc1cc(Cl)ccc1Cl)c1ncccc1Cl. The molecule has 0 spiro atoms. The maximum Gasteiger partial charge on any atom is 0.0760 e. The molecule has 2 aromatic rings. The summed E-state index contributed by atoms with van der Waals surface area (Å²) in [6.45, 7) is 0. The lowest BCUT2D eigenvalue weighted by molar-refractivity contribution is 0.697. The molecule has 1 aromatic heterocycles. The van der Waals surface area contributed by atoms with Crippen LogP contribution in [-0.2, 0) is 6.42 Å². The Kier molecular flexibility index (Phi) is 4.46. The van der Waals surface area contributed by atoms with Crippen LogP contribution in [0, 0.1) is 0 Å². The van der Waals surface area contributed by atoms with Crippen molar-refractivity contribution in [2.24, 2.45) is 5.73 Å². The fraction of sp³-hybridized carbons (Fsp3) is 0.154.